The maximum absolute atomic E-state index is 13.3. The zero-order valence-corrected chi connectivity index (χ0v) is 10.1. The van der Waals surface area contributed by atoms with Crippen molar-refractivity contribution in [1.29, 1.82) is 0 Å². The lowest BCUT2D eigenvalue weighted by molar-refractivity contribution is 0.353. The highest BCUT2D eigenvalue weighted by Gasteiger charge is 2.18. The van der Waals surface area contributed by atoms with Gasteiger partial charge in [0.15, 0.2) is 0 Å². The molecule has 0 aromatic heterocycles. The van der Waals surface area contributed by atoms with Crippen LogP contribution < -0.4 is 5.73 Å². The molecule has 1 rings (SSSR count). The average molecular weight is 230 g/mol. The van der Waals surface area contributed by atoms with Gasteiger partial charge in [-0.2, -0.15) is 0 Å². The molecule has 3 heteroatoms. The number of benzene rings is 1. The largest absolute Gasteiger partial charge is 0.327 e. The van der Waals surface area contributed by atoms with E-state index in [2.05, 4.69) is 20.8 Å². The highest BCUT2D eigenvalue weighted by molar-refractivity contribution is 6.31. The molecule has 0 aliphatic rings. The van der Waals surface area contributed by atoms with Gasteiger partial charge in [-0.1, -0.05) is 44.5 Å². The van der Waals surface area contributed by atoms with Crippen molar-refractivity contribution in [2.75, 3.05) is 6.54 Å². The van der Waals surface area contributed by atoms with E-state index in [-0.39, 0.29) is 12.0 Å². The Morgan fingerprint density at radius 1 is 1.40 bits per heavy atom. The van der Waals surface area contributed by atoms with Crippen LogP contribution in [0.5, 0.6) is 0 Å². The lowest BCUT2D eigenvalue weighted by Crippen LogP contribution is -2.13. The fourth-order valence-corrected chi connectivity index (χ4v) is 1.94. The molecule has 2 N–H and O–H groups in total. The third kappa shape index (κ3) is 2.93. The molecule has 1 aromatic rings. The van der Waals surface area contributed by atoms with Gasteiger partial charge in [0.1, 0.15) is 6.17 Å². The van der Waals surface area contributed by atoms with Crippen LogP contribution in [0.4, 0.5) is 4.39 Å². The third-order valence-electron chi connectivity index (χ3n) is 2.37. The summed E-state index contributed by atoms with van der Waals surface area (Å²) in [6.45, 7) is 6.21. The first-order chi connectivity index (χ1) is 6.86. The van der Waals surface area contributed by atoms with Crippen molar-refractivity contribution in [1.82, 2.24) is 0 Å². The fourth-order valence-electron chi connectivity index (χ4n) is 1.47. The van der Waals surface area contributed by atoms with E-state index in [1.807, 2.05) is 6.07 Å². The molecule has 0 heterocycles. The minimum absolute atomic E-state index is 0.00874. The highest BCUT2D eigenvalue weighted by atomic mass is 35.5. The molecule has 0 radical (unpaired) electrons. The van der Waals surface area contributed by atoms with E-state index in [1.54, 1.807) is 12.1 Å². The molecular formula is C12H17ClFN. The Morgan fingerprint density at radius 2 is 2.00 bits per heavy atom. The van der Waals surface area contributed by atoms with Crippen molar-refractivity contribution in [3.05, 3.63) is 34.3 Å². The second-order valence-electron chi connectivity index (χ2n) is 4.69. The molecule has 0 saturated heterocycles. The van der Waals surface area contributed by atoms with E-state index in [0.717, 1.165) is 5.56 Å². The normalized spacial score (nSPS) is 14.0. The molecule has 84 valence electrons. The van der Waals surface area contributed by atoms with Crippen molar-refractivity contribution in [2.24, 2.45) is 5.73 Å². The molecule has 1 nitrogen and oxygen atoms in total. The number of rotatable bonds is 2. The quantitative estimate of drug-likeness (QED) is 0.824. The average Bonchev–Trinajstić information content (AvgIpc) is 2.14. The number of nitrogens with two attached hydrogens (primary N) is 1. The van der Waals surface area contributed by atoms with Gasteiger partial charge >= 0.3 is 0 Å². The first kappa shape index (κ1) is 12.5. The molecule has 0 spiro atoms. The topological polar surface area (TPSA) is 26.0 Å². The Morgan fingerprint density at radius 3 is 2.40 bits per heavy atom. The van der Waals surface area contributed by atoms with Gasteiger partial charge in [0.25, 0.3) is 0 Å². The monoisotopic (exact) mass is 229 g/mol. The second kappa shape index (κ2) is 4.50. The summed E-state index contributed by atoms with van der Waals surface area (Å²) in [5, 5.41) is 0.608. The van der Waals surface area contributed by atoms with Crippen LogP contribution in [0.3, 0.4) is 0 Å². The highest BCUT2D eigenvalue weighted by Crippen LogP contribution is 2.31. The second-order valence-corrected chi connectivity index (χ2v) is 5.10. The smallest absolute Gasteiger partial charge is 0.137 e. The Balaban J connectivity index is 3.09. The van der Waals surface area contributed by atoms with Gasteiger partial charge in [-0.15, -0.1) is 0 Å². The molecule has 15 heavy (non-hydrogen) atoms. The molecule has 0 amide bonds. The third-order valence-corrected chi connectivity index (χ3v) is 2.68. The number of hydrogen-bond acceptors (Lipinski definition) is 1. The SMILES string of the molecule is CC(C)(C)c1ccc(C(F)CN)cc1Cl. The van der Waals surface area contributed by atoms with Crippen LogP contribution in [0.1, 0.15) is 38.1 Å². The predicted octanol–water partition coefficient (Wildman–Crippen LogP) is 3.61. The van der Waals surface area contributed by atoms with Crippen LogP contribution in [0.2, 0.25) is 5.02 Å². The molecule has 1 unspecified atom stereocenters. The van der Waals surface area contributed by atoms with Gasteiger partial charge < -0.3 is 5.73 Å². The van der Waals surface area contributed by atoms with Gasteiger partial charge in [-0.05, 0) is 22.6 Å². The summed E-state index contributed by atoms with van der Waals surface area (Å²) < 4.78 is 13.3. The Hall–Kier alpha value is -0.600. The van der Waals surface area contributed by atoms with Gasteiger partial charge in [-0.25, -0.2) is 4.39 Å². The van der Waals surface area contributed by atoms with E-state index in [0.29, 0.717) is 10.6 Å². The molecule has 0 saturated carbocycles. The van der Waals surface area contributed by atoms with Crippen LogP contribution >= 0.6 is 11.6 Å². The standard InChI is InChI=1S/C12H17ClFN/c1-12(2,3)9-5-4-8(6-10(9)13)11(14)7-15/h4-6,11H,7,15H2,1-3H3. The lowest BCUT2D eigenvalue weighted by atomic mass is 9.86. The van der Waals surface area contributed by atoms with Crippen LogP contribution in [0, 0.1) is 0 Å². The molecule has 0 aliphatic carbocycles. The van der Waals surface area contributed by atoms with Crippen LogP contribution in [0.25, 0.3) is 0 Å². The van der Waals surface area contributed by atoms with Gasteiger partial charge in [0.2, 0.25) is 0 Å². The van der Waals surface area contributed by atoms with Crippen molar-refractivity contribution < 1.29 is 4.39 Å². The molecular weight excluding hydrogens is 213 g/mol. The summed E-state index contributed by atoms with van der Waals surface area (Å²) in [7, 11) is 0. The first-order valence-electron chi connectivity index (χ1n) is 5.00. The van der Waals surface area contributed by atoms with Gasteiger partial charge in [0, 0.05) is 11.6 Å². The molecule has 1 atom stereocenters. The number of hydrogen-bond donors (Lipinski definition) is 1. The predicted molar refractivity (Wildman–Crippen MR) is 63.1 cm³/mol. The van der Waals surface area contributed by atoms with Crippen LogP contribution in [0.15, 0.2) is 18.2 Å². The molecule has 0 aliphatic heterocycles. The summed E-state index contributed by atoms with van der Waals surface area (Å²) in [6, 6.07) is 5.30. The minimum Gasteiger partial charge on any atom is -0.327 e. The van der Waals surface area contributed by atoms with Crippen LogP contribution in [-0.2, 0) is 5.41 Å². The molecule has 0 bridgehead atoms. The zero-order chi connectivity index (χ0) is 11.6. The molecule has 1 aromatic carbocycles. The lowest BCUT2D eigenvalue weighted by Gasteiger charge is -2.21. The summed E-state index contributed by atoms with van der Waals surface area (Å²) in [5.41, 5.74) is 6.81. The number of halogens is 2. The zero-order valence-electron chi connectivity index (χ0n) is 9.35. The summed E-state index contributed by atoms with van der Waals surface area (Å²) >= 11 is 6.11. The summed E-state index contributed by atoms with van der Waals surface area (Å²) in [4.78, 5) is 0. The fraction of sp³-hybridized carbons (Fsp3) is 0.500. The Bertz CT molecular complexity index is 344. The van der Waals surface area contributed by atoms with Crippen LogP contribution in [-0.4, -0.2) is 6.54 Å². The summed E-state index contributed by atoms with van der Waals surface area (Å²) in [5.74, 6) is 0. The van der Waals surface area contributed by atoms with E-state index in [1.165, 1.54) is 0 Å². The van der Waals surface area contributed by atoms with Crippen molar-refractivity contribution in [3.8, 4) is 0 Å². The van der Waals surface area contributed by atoms with E-state index < -0.39 is 6.17 Å². The summed E-state index contributed by atoms with van der Waals surface area (Å²) in [6.07, 6.45) is -1.13. The van der Waals surface area contributed by atoms with Gasteiger partial charge in [-0.3, -0.25) is 0 Å². The van der Waals surface area contributed by atoms with E-state index >= 15 is 0 Å². The van der Waals surface area contributed by atoms with Crippen molar-refractivity contribution >= 4 is 11.6 Å². The maximum Gasteiger partial charge on any atom is 0.137 e. The minimum atomic E-state index is -1.13. The molecule has 0 fully saturated rings. The Kier molecular flexibility index (Phi) is 3.74. The van der Waals surface area contributed by atoms with Gasteiger partial charge in [0.05, 0.1) is 0 Å². The first-order valence-corrected chi connectivity index (χ1v) is 5.38. The van der Waals surface area contributed by atoms with E-state index in [9.17, 15) is 4.39 Å². The van der Waals surface area contributed by atoms with Crippen molar-refractivity contribution in [3.63, 3.8) is 0 Å². The van der Waals surface area contributed by atoms with E-state index in [4.69, 9.17) is 17.3 Å². The maximum atomic E-state index is 13.3. The number of alkyl halides is 1. The Labute approximate surface area is 95.4 Å². The van der Waals surface area contributed by atoms with Crippen molar-refractivity contribution in [2.45, 2.75) is 32.4 Å².